The maximum Gasteiger partial charge on any atom is 0.215 e. The summed E-state index contributed by atoms with van der Waals surface area (Å²) < 4.78 is 1.80. The van der Waals surface area contributed by atoms with Crippen molar-refractivity contribution in [2.45, 2.75) is 39.7 Å². The van der Waals surface area contributed by atoms with Gasteiger partial charge in [0.25, 0.3) is 0 Å². The second kappa shape index (κ2) is 7.76. The number of nitrogens with zero attached hydrogens (tertiary/aromatic N) is 6. The molecule has 4 rings (SSSR count). The van der Waals surface area contributed by atoms with Gasteiger partial charge in [0.15, 0.2) is 11.5 Å². The zero-order valence-electron chi connectivity index (χ0n) is 16.2. The summed E-state index contributed by atoms with van der Waals surface area (Å²) in [7, 11) is 0. The minimum Gasteiger partial charge on any atom is -0.317 e. The number of imidazole rings is 1. The van der Waals surface area contributed by atoms with E-state index < -0.39 is 0 Å². The molecule has 146 valence electrons. The molecule has 3 aromatic heterocycles. The largest absolute Gasteiger partial charge is 0.317 e. The number of aryl methyl sites for hydroxylation is 3. The molecule has 1 aliphatic heterocycles. The second-order valence-corrected chi connectivity index (χ2v) is 8.24. The van der Waals surface area contributed by atoms with Crippen molar-refractivity contribution in [1.29, 1.82) is 0 Å². The Kier molecular flexibility index (Phi) is 5.19. The van der Waals surface area contributed by atoms with Gasteiger partial charge in [-0.15, -0.1) is 11.3 Å². The fourth-order valence-electron chi connectivity index (χ4n) is 3.40. The third-order valence-electron chi connectivity index (χ3n) is 4.89. The first-order chi connectivity index (χ1) is 13.5. The van der Waals surface area contributed by atoms with Crippen molar-refractivity contribution in [2.24, 2.45) is 4.99 Å². The molecule has 1 amide bonds. The number of carbonyl (C=O) groups is 1. The Labute approximate surface area is 167 Å². The summed E-state index contributed by atoms with van der Waals surface area (Å²) in [4.78, 5) is 27.8. The summed E-state index contributed by atoms with van der Waals surface area (Å²) in [6.07, 6.45) is 6.23. The van der Waals surface area contributed by atoms with Crippen LogP contribution in [-0.4, -0.2) is 56.4 Å². The summed E-state index contributed by atoms with van der Waals surface area (Å²) in [5.74, 6) is 0.627. The molecule has 28 heavy (non-hydrogen) atoms. The predicted molar refractivity (Wildman–Crippen MR) is 110 cm³/mol. The molecule has 0 bridgehead atoms. The van der Waals surface area contributed by atoms with Crippen molar-refractivity contribution in [2.75, 3.05) is 13.1 Å². The third kappa shape index (κ3) is 3.67. The smallest absolute Gasteiger partial charge is 0.215 e. The van der Waals surface area contributed by atoms with Crippen molar-refractivity contribution >= 4 is 35.6 Å². The minimum atomic E-state index is 0.192. The van der Waals surface area contributed by atoms with Gasteiger partial charge in [0, 0.05) is 10.9 Å². The van der Waals surface area contributed by atoms with Crippen LogP contribution in [0, 0.1) is 20.8 Å². The fraction of sp³-hybridized carbons (Fsp3) is 0.421. The molecule has 0 unspecified atom stereocenters. The number of hydrogen-bond acceptors (Lipinski definition) is 7. The van der Waals surface area contributed by atoms with Crippen LogP contribution in [0.15, 0.2) is 17.3 Å². The van der Waals surface area contributed by atoms with Crippen LogP contribution in [-0.2, 0) is 4.79 Å². The van der Waals surface area contributed by atoms with Gasteiger partial charge in [-0.1, -0.05) is 0 Å². The summed E-state index contributed by atoms with van der Waals surface area (Å²) in [6.45, 7) is 7.80. The molecule has 0 aromatic carbocycles. The molecule has 0 aliphatic carbocycles. The zero-order chi connectivity index (χ0) is 19.7. The molecule has 0 saturated carbocycles. The van der Waals surface area contributed by atoms with Crippen molar-refractivity contribution in [3.8, 4) is 10.7 Å². The van der Waals surface area contributed by atoms with Gasteiger partial charge < -0.3 is 10.2 Å². The van der Waals surface area contributed by atoms with Crippen LogP contribution in [0.25, 0.3) is 16.3 Å². The zero-order valence-corrected chi connectivity index (χ0v) is 17.0. The van der Waals surface area contributed by atoms with Gasteiger partial charge in [0.2, 0.25) is 6.41 Å². The van der Waals surface area contributed by atoms with E-state index in [4.69, 9.17) is 0 Å². The highest BCUT2D eigenvalue weighted by molar-refractivity contribution is 7.15. The van der Waals surface area contributed by atoms with Crippen LogP contribution >= 0.6 is 11.3 Å². The van der Waals surface area contributed by atoms with Crippen LogP contribution < -0.4 is 5.32 Å². The van der Waals surface area contributed by atoms with Gasteiger partial charge in [0.1, 0.15) is 10.7 Å². The van der Waals surface area contributed by atoms with E-state index in [1.54, 1.807) is 27.1 Å². The fourth-order valence-corrected chi connectivity index (χ4v) is 4.22. The molecule has 0 atom stereocenters. The Hall–Kier alpha value is -2.65. The molecule has 8 nitrogen and oxygen atoms in total. The molecular weight excluding hydrogens is 374 g/mol. The topological polar surface area (TPSA) is 87.8 Å². The van der Waals surface area contributed by atoms with Gasteiger partial charge >= 0.3 is 0 Å². The summed E-state index contributed by atoms with van der Waals surface area (Å²) in [5, 5.41) is 8.75. The number of aliphatic imine (C=N–C) groups is 1. The summed E-state index contributed by atoms with van der Waals surface area (Å²) in [5.41, 5.74) is 3.63. The monoisotopic (exact) mass is 397 g/mol. The van der Waals surface area contributed by atoms with Gasteiger partial charge in [-0.3, -0.25) is 4.79 Å². The minimum absolute atomic E-state index is 0.192. The summed E-state index contributed by atoms with van der Waals surface area (Å²) in [6, 6.07) is 2.19. The first kappa shape index (κ1) is 18.7. The molecular formula is C19H23N7OS. The molecule has 4 heterocycles. The lowest BCUT2D eigenvalue weighted by Crippen LogP contribution is -2.41. The van der Waals surface area contributed by atoms with Gasteiger partial charge in [-0.2, -0.15) is 5.10 Å². The van der Waals surface area contributed by atoms with Crippen molar-refractivity contribution in [1.82, 2.24) is 29.8 Å². The molecule has 1 fully saturated rings. The van der Waals surface area contributed by atoms with E-state index in [-0.39, 0.29) is 6.04 Å². The molecule has 1 N–H and O–H groups in total. The summed E-state index contributed by atoms with van der Waals surface area (Å²) >= 11 is 1.55. The van der Waals surface area contributed by atoms with E-state index >= 15 is 0 Å². The van der Waals surface area contributed by atoms with Crippen LogP contribution in [0.1, 0.15) is 29.0 Å². The molecule has 0 radical (unpaired) electrons. The number of piperidine rings is 1. The number of fused-ring (bicyclic) bond motifs is 1. The van der Waals surface area contributed by atoms with Crippen LogP contribution in [0.4, 0.5) is 5.82 Å². The molecule has 1 saturated heterocycles. The highest BCUT2D eigenvalue weighted by atomic mass is 32.1. The Morgan fingerprint density at radius 1 is 1.29 bits per heavy atom. The highest BCUT2D eigenvalue weighted by Gasteiger charge is 2.19. The van der Waals surface area contributed by atoms with Crippen LogP contribution in [0.3, 0.4) is 0 Å². The standard InChI is InChI=1S/C19H23N7OS/c1-12-8-16(24-26-9-13(2)22-18(12)26)19-23-17(14(3)28-19)21-10-25(11-27)15-4-6-20-7-5-15/h8-11,15,20H,4-7H2,1-3H3/b21-10-. The maximum absolute atomic E-state index is 11.5. The molecule has 3 aromatic rings. The average Bonchev–Trinajstić information content (AvgIpc) is 3.25. The first-order valence-corrected chi connectivity index (χ1v) is 10.2. The van der Waals surface area contributed by atoms with E-state index in [1.165, 1.54) is 0 Å². The number of carbonyl (C=O) groups excluding carboxylic acids is 1. The molecule has 9 heteroatoms. The van der Waals surface area contributed by atoms with Crippen molar-refractivity contribution < 1.29 is 4.79 Å². The predicted octanol–water partition coefficient (Wildman–Crippen LogP) is 2.65. The second-order valence-electron chi connectivity index (χ2n) is 7.04. The normalized spacial score (nSPS) is 15.5. The Bertz CT molecular complexity index is 1030. The lowest BCUT2D eigenvalue weighted by molar-refractivity contribution is -0.116. The van der Waals surface area contributed by atoms with E-state index in [2.05, 4.69) is 25.4 Å². The number of amides is 1. The molecule has 1 aliphatic rings. The van der Waals surface area contributed by atoms with Gasteiger partial charge in [0.05, 0.1) is 18.2 Å². The third-order valence-corrected chi connectivity index (χ3v) is 5.87. The van der Waals surface area contributed by atoms with E-state index in [9.17, 15) is 4.79 Å². The average molecular weight is 398 g/mol. The van der Waals surface area contributed by atoms with Gasteiger partial charge in [-0.25, -0.2) is 19.5 Å². The lowest BCUT2D eigenvalue weighted by atomic mass is 10.1. The lowest BCUT2D eigenvalue weighted by Gasteiger charge is -2.28. The van der Waals surface area contributed by atoms with Crippen molar-refractivity contribution in [3.63, 3.8) is 0 Å². The first-order valence-electron chi connectivity index (χ1n) is 9.34. The Morgan fingerprint density at radius 2 is 2.07 bits per heavy atom. The van der Waals surface area contributed by atoms with Gasteiger partial charge in [-0.05, 0) is 58.3 Å². The number of rotatable bonds is 5. The highest BCUT2D eigenvalue weighted by Crippen LogP contribution is 2.31. The number of nitrogens with one attached hydrogen (secondary N) is 1. The SMILES string of the molecule is Cc1cn2nc(-c3nc(/N=C\N(C=O)C4CCNCC4)c(C)s3)cc(C)c2n1. The molecule has 0 spiro atoms. The van der Waals surface area contributed by atoms with Crippen LogP contribution in [0.2, 0.25) is 0 Å². The van der Waals surface area contributed by atoms with E-state index in [0.29, 0.717) is 5.82 Å². The number of hydrogen-bond donors (Lipinski definition) is 1. The van der Waals surface area contributed by atoms with Crippen LogP contribution in [0.5, 0.6) is 0 Å². The maximum atomic E-state index is 11.5. The number of thiazole rings is 1. The van der Waals surface area contributed by atoms with E-state index in [0.717, 1.165) is 64.8 Å². The number of aromatic nitrogens is 4. The Morgan fingerprint density at radius 3 is 2.82 bits per heavy atom. The van der Waals surface area contributed by atoms with E-state index in [1.807, 2.05) is 33.0 Å². The quantitative estimate of drug-likeness (QED) is 0.406. The Balaban J connectivity index is 1.60. The van der Waals surface area contributed by atoms with Crippen molar-refractivity contribution in [3.05, 3.63) is 28.4 Å².